The summed E-state index contributed by atoms with van der Waals surface area (Å²) in [5.41, 5.74) is 5.51. The summed E-state index contributed by atoms with van der Waals surface area (Å²) in [5, 5.41) is 8.38. The van der Waals surface area contributed by atoms with Gasteiger partial charge in [-0.25, -0.2) is 9.67 Å². The van der Waals surface area contributed by atoms with Gasteiger partial charge in [0, 0.05) is 24.5 Å². The minimum absolute atomic E-state index is 0.0916. The zero-order valence-corrected chi connectivity index (χ0v) is 22.6. The van der Waals surface area contributed by atoms with Gasteiger partial charge in [-0.1, -0.05) is 54.6 Å². The molecule has 8 heteroatoms. The molecule has 3 aliphatic rings. The van der Waals surface area contributed by atoms with Crippen LogP contribution in [0.25, 0.3) is 0 Å². The molecule has 39 heavy (non-hydrogen) atoms. The van der Waals surface area contributed by atoms with Crippen LogP contribution in [0, 0.1) is 0 Å². The third-order valence-corrected chi connectivity index (χ3v) is 7.52. The normalized spacial score (nSPS) is 19.8. The first-order valence-electron chi connectivity index (χ1n) is 13.5. The molecule has 1 N–H and O–H groups in total. The van der Waals surface area contributed by atoms with Crippen molar-refractivity contribution in [2.24, 2.45) is 9.98 Å². The van der Waals surface area contributed by atoms with Crippen molar-refractivity contribution in [2.75, 3.05) is 17.3 Å². The molecule has 1 aromatic heterocycles. The first-order valence-corrected chi connectivity index (χ1v) is 13.5. The van der Waals surface area contributed by atoms with Crippen LogP contribution in [0.1, 0.15) is 54.6 Å². The first-order chi connectivity index (χ1) is 18.9. The number of aliphatic imine (C=N–C) groups is 2. The molecule has 0 unspecified atom stereocenters. The molecule has 0 spiro atoms. The van der Waals surface area contributed by atoms with E-state index in [-0.39, 0.29) is 18.0 Å². The van der Waals surface area contributed by atoms with Crippen LogP contribution in [0.15, 0.2) is 89.0 Å². The van der Waals surface area contributed by atoms with Crippen molar-refractivity contribution >= 4 is 34.9 Å². The van der Waals surface area contributed by atoms with Crippen LogP contribution in [0.3, 0.4) is 0 Å². The van der Waals surface area contributed by atoms with Gasteiger partial charge in [0.1, 0.15) is 11.4 Å². The minimum atomic E-state index is -0.0916. The highest BCUT2D eigenvalue weighted by atomic mass is 16.2. The summed E-state index contributed by atoms with van der Waals surface area (Å²) >= 11 is 0. The van der Waals surface area contributed by atoms with E-state index in [0.29, 0.717) is 17.9 Å². The number of aromatic nitrogens is 2. The number of allylic oxidation sites excluding steroid dienone is 2. The average molecular weight is 520 g/mol. The van der Waals surface area contributed by atoms with Crippen molar-refractivity contribution in [1.82, 2.24) is 14.7 Å². The smallest absolute Gasteiger partial charge is 0.267 e. The molecule has 2 aliphatic heterocycles. The largest absolute Gasteiger partial charge is 0.338 e. The Morgan fingerprint density at radius 3 is 2.62 bits per heavy atom. The second-order valence-electron chi connectivity index (χ2n) is 10.5. The lowest BCUT2D eigenvalue weighted by Crippen LogP contribution is -2.52. The van der Waals surface area contributed by atoms with Gasteiger partial charge in [0.25, 0.3) is 5.91 Å². The highest BCUT2D eigenvalue weighted by Gasteiger charge is 2.49. The molecule has 1 fully saturated rings. The predicted molar refractivity (Wildman–Crippen MR) is 157 cm³/mol. The Bertz CT molecular complexity index is 1510. The Kier molecular flexibility index (Phi) is 6.38. The Balaban J connectivity index is 1.40. The maximum atomic E-state index is 13.7. The zero-order chi connectivity index (χ0) is 27.1. The van der Waals surface area contributed by atoms with Crippen molar-refractivity contribution in [3.8, 4) is 0 Å². The molecular weight excluding hydrogens is 486 g/mol. The summed E-state index contributed by atoms with van der Waals surface area (Å²) in [5.74, 6) is 2.03. The molecule has 3 aromatic rings. The number of carbonyl (C=O) groups excluding carboxylic acids is 1. The van der Waals surface area contributed by atoms with Crippen LogP contribution >= 0.6 is 0 Å². The summed E-state index contributed by atoms with van der Waals surface area (Å²) < 4.78 is 1.96. The number of nitrogens with zero attached hydrogens (tertiary/aromatic N) is 6. The van der Waals surface area contributed by atoms with Gasteiger partial charge in [0.05, 0.1) is 24.3 Å². The summed E-state index contributed by atoms with van der Waals surface area (Å²) in [6, 6.07) is 18.6. The highest BCUT2D eigenvalue weighted by Crippen LogP contribution is 2.43. The lowest BCUT2D eigenvalue weighted by atomic mass is 10.1. The van der Waals surface area contributed by atoms with Crippen LogP contribution in [-0.2, 0) is 6.54 Å². The Labute approximate surface area is 229 Å². The van der Waals surface area contributed by atoms with E-state index in [0.717, 1.165) is 59.1 Å². The monoisotopic (exact) mass is 519 g/mol. The molecule has 1 aliphatic carbocycles. The van der Waals surface area contributed by atoms with Gasteiger partial charge < -0.3 is 5.32 Å². The van der Waals surface area contributed by atoms with Crippen molar-refractivity contribution in [1.29, 1.82) is 0 Å². The molecule has 2 atom stereocenters. The maximum Gasteiger partial charge on any atom is 0.267 e. The van der Waals surface area contributed by atoms with Gasteiger partial charge >= 0.3 is 0 Å². The minimum Gasteiger partial charge on any atom is -0.338 e. The number of guanidine groups is 1. The van der Waals surface area contributed by atoms with E-state index in [1.807, 2.05) is 62.1 Å². The van der Waals surface area contributed by atoms with E-state index >= 15 is 0 Å². The van der Waals surface area contributed by atoms with Crippen LogP contribution in [0.2, 0.25) is 0 Å². The number of benzene rings is 2. The zero-order valence-electron chi connectivity index (χ0n) is 22.6. The van der Waals surface area contributed by atoms with E-state index in [4.69, 9.17) is 10.1 Å². The van der Waals surface area contributed by atoms with Gasteiger partial charge in [0.2, 0.25) is 5.96 Å². The predicted octanol–water partition coefficient (Wildman–Crippen LogP) is 5.76. The third kappa shape index (κ3) is 4.46. The fourth-order valence-corrected chi connectivity index (χ4v) is 5.64. The van der Waals surface area contributed by atoms with Gasteiger partial charge in [-0.05, 0) is 56.9 Å². The second-order valence-corrected chi connectivity index (χ2v) is 10.5. The van der Waals surface area contributed by atoms with Gasteiger partial charge in [-0.3, -0.25) is 19.6 Å². The number of amides is 1. The number of hydrogen-bond acceptors (Lipinski definition) is 6. The number of fused-ring (bicyclic) bond motifs is 5. The molecule has 6 rings (SSSR count). The fraction of sp³-hybridized carbons (Fsp3) is 0.290. The van der Waals surface area contributed by atoms with Gasteiger partial charge in [-0.2, -0.15) is 5.10 Å². The number of nitrogens with one attached hydrogen (secondary N) is 1. The molecule has 0 bridgehead atoms. The van der Waals surface area contributed by atoms with E-state index < -0.39 is 0 Å². The summed E-state index contributed by atoms with van der Waals surface area (Å²) in [6.45, 7) is 8.49. The van der Waals surface area contributed by atoms with E-state index in [2.05, 4.69) is 46.1 Å². The SMILES string of the molecule is C=C/C(=N\C=C(C)C)c1ccc(Cn2nc(Nc3ccccc3)c3c2N2C(=N[C@@H]4CCC[C@@H]42)N(C)C3=O)cc1. The van der Waals surface area contributed by atoms with Gasteiger partial charge in [0.15, 0.2) is 5.82 Å². The van der Waals surface area contributed by atoms with E-state index in [9.17, 15) is 4.79 Å². The molecule has 1 amide bonds. The van der Waals surface area contributed by atoms with Crippen molar-refractivity contribution in [3.63, 3.8) is 0 Å². The lowest BCUT2D eigenvalue weighted by molar-refractivity contribution is 0.0865. The number of rotatable bonds is 7. The number of para-hydroxylation sites is 1. The van der Waals surface area contributed by atoms with Crippen LogP contribution in [0.5, 0.6) is 0 Å². The number of anilines is 3. The Morgan fingerprint density at radius 2 is 1.90 bits per heavy atom. The molecular formula is C31H33N7O. The molecule has 3 heterocycles. The molecule has 0 saturated heterocycles. The van der Waals surface area contributed by atoms with Crippen molar-refractivity contribution in [3.05, 3.63) is 95.7 Å². The lowest BCUT2D eigenvalue weighted by Gasteiger charge is -2.35. The van der Waals surface area contributed by atoms with Crippen molar-refractivity contribution in [2.45, 2.75) is 51.7 Å². The molecule has 198 valence electrons. The standard InChI is InChI=1S/C31H33N7O/c1-5-24(32-18-20(2)3)22-16-14-21(15-17-22)19-37-29-27(28(35-37)33-23-10-7-6-8-11-23)30(39)36(4)31-34-25-12-9-13-26(25)38(29)31/h5-8,10-11,14-18,25-26H,1,9,12-13,19H2,2-4H3,(H,33,35)/b32-24+/t25-,26+/m1/s1. The summed E-state index contributed by atoms with van der Waals surface area (Å²) in [4.78, 5) is 27.2. The van der Waals surface area contributed by atoms with Gasteiger partial charge in [-0.15, -0.1) is 0 Å². The molecule has 2 aromatic carbocycles. The molecule has 0 radical (unpaired) electrons. The topological polar surface area (TPSA) is 78.1 Å². The second kappa shape index (κ2) is 10.0. The fourth-order valence-electron chi connectivity index (χ4n) is 5.64. The van der Waals surface area contributed by atoms with E-state index in [1.54, 1.807) is 11.0 Å². The van der Waals surface area contributed by atoms with Crippen LogP contribution in [0.4, 0.5) is 17.3 Å². The molecule has 8 nitrogen and oxygen atoms in total. The quantitative estimate of drug-likeness (QED) is 0.403. The number of carbonyl (C=O) groups is 1. The Morgan fingerprint density at radius 1 is 1.13 bits per heavy atom. The average Bonchev–Trinajstić information content (AvgIpc) is 3.63. The Hall–Kier alpha value is -4.46. The van der Waals surface area contributed by atoms with E-state index in [1.165, 1.54) is 0 Å². The van der Waals surface area contributed by atoms with Crippen molar-refractivity contribution < 1.29 is 4.79 Å². The van der Waals surface area contributed by atoms with Crippen LogP contribution < -0.4 is 10.2 Å². The summed E-state index contributed by atoms with van der Waals surface area (Å²) in [7, 11) is 1.81. The third-order valence-electron chi connectivity index (χ3n) is 7.52. The molecule has 1 saturated carbocycles. The highest BCUT2D eigenvalue weighted by molar-refractivity contribution is 6.21. The maximum absolute atomic E-state index is 13.7. The number of hydrogen-bond donors (Lipinski definition) is 1. The first kappa shape index (κ1) is 24.9. The summed E-state index contributed by atoms with van der Waals surface area (Å²) in [6.07, 6.45) is 6.86. The van der Waals surface area contributed by atoms with Crippen LogP contribution in [-0.4, -0.2) is 51.4 Å².